The molecule has 0 radical (unpaired) electrons. The van der Waals surface area contributed by atoms with Gasteiger partial charge in [0, 0.05) is 36.8 Å². The molecule has 2 heterocycles. The average Bonchev–Trinajstić information content (AvgIpc) is 2.91. The molecule has 1 amide bonds. The molecule has 3 rings (SSSR count). The molecule has 5 heteroatoms. The first-order chi connectivity index (χ1) is 9.47. The maximum atomic E-state index is 12.4. The summed E-state index contributed by atoms with van der Waals surface area (Å²) in [5, 5.41) is 4.35. The number of aromatic nitrogens is 2. The largest absolute Gasteiger partial charge is 0.384 e. The standard InChI is InChI=1S/C15H18N4O/c1-9(2)19-8-11-5-4-10(6-12(11)15(19)20)13-7-14(16)18(3)17-13/h4-7,9H,8,16H2,1-3H3. The fourth-order valence-electron chi connectivity index (χ4n) is 2.52. The van der Waals surface area contributed by atoms with Crippen LogP contribution in [0.5, 0.6) is 0 Å². The summed E-state index contributed by atoms with van der Waals surface area (Å²) in [6, 6.07) is 7.96. The van der Waals surface area contributed by atoms with Gasteiger partial charge in [0.05, 0.1) is 5.69 Å². The molecule has 1 aromatic heterocycles. The zero-order chi connectivity index (χ0) is 14.4. The van der Waals surface area contributed by atoms with Crippen molar-refractivity contribution in [2.45, 2.75) is 26.4 Å². The fourth-order valence-corrected chi connectivity index (χ4v) is 2.52. The predicted octanol–water partition coefficient (Wildman–Crippen LogP) is 2.03. The summed E-state index contributed by atoms with van der Waals surface area (Å²) in [5.74, 6) is 0.705. The summed E-state index contributed by atoms with van der Waals surface area (Å²) in [6.07, 6.45) is 0. The molecule has 5 nitrogen and oxygen atoms in total. The van der Waals surface area contributed by atoms with E-state index in [0.29, 0.717) is 12.4 Å². The molecule has 0 saturated heterocycles. The fraction of sp³-hybridized carbons (Fsp3) is 0.333. The number of nitrogens with two attached hydrogens (primary N) is 1. The third kappa shape index (κ3) is 1.86. The van der Waals surface area contributed by atoms with Crippen LogP contribution in [-0.4, -0.2) is 26.6 Å². The van der Waals surface area contributed by atoms with Crippen molar-refractivity contribution in [3.8, 4) is 11.3 Å². The summed E-state index contributed by atoms with van der Waals surface area (Å²) < 4.78 is 1.63. The van der Waals surface area contributed by atoms with Gasteiger partial charge < -0.3 is 10.6 Å². The van der Waals surface area contributed by atoms with Gasteiger partial charge >= 0.3 is 0 Å². The molecule has 0 saturated carbocycles. The smallest absolute Gasteiger partial charge is 0.254 e. The van der Waals surface area contributed by atoms with Crippen LogP contribution in [0.1, 0.15) is 29.8 Å². The normalized spacial score (nSPS) is 14.2. The highest BCUT2D eigenvalue weighted by atomic mass is 16.2. The van der Waals surface area contributed by atoms with Crippen molar-refractivity contribution in [2.24, 2.45) is 7.05 Å². The van der Waals surface area contributed by atoms with E-state index in [-0.39, 0.29) is 11.9 Å². The second-order valence-corrected chi connectivity index (χ2v) is 5.48. The molecular weight excluding hydrogens is 252 g/mol. The highest BCUT2D eigenvalue weighted by Gasteiger charge is 2.29. The number of carbonyl (C=O) groups excluding carboxylic acids is 1. The Kier molecular flexibility index (Phi) is 2.78. The van der Waals surface area contributed by atoms with Gasteiger partial charge in [0.15, 0.2) is 0 Å². The lowest BCUT2D eigenvalue weighted by Crippen LogP contribution is -2.30. The Morgan fingerprint density at radius 3 is 2.65 bits per heavy atom. The molecule has 104 valence electrons. The summed E-state index contributed by atoms with van der Waals surface area (Å²) in [7, 11) is 1.80. The molecule has 1 aliphatic heterocycles. The Bertz CT molecular complexity index is 668. The van der Waals surface area contributed by atoms with Crippen molar-refractivity contribution in [2.75, 3.05) is 5.73 Å². The Labute approximate surface area is 118 Å². The quantitative estimate of drug-likeness (QED) is 0.908. The summed E-state index contributed by atoms with van der Waals surface area (Å²) in [6.45, 7) is 4.75. The van der Waals surface area contributed by atoms with Gasteiger partial charge in [-0.15, -0.1) is 0 Å². The number of hydrogen-bond donors (Lipinski definition) is 1. The van der Waals surface area contributed by atoms with Crippen LogP contribution in [0.3, 0.4) is 0 Å². The lowest BCUT2D eigenvalue weighted by atomic mass is 10.0. The maximum absolute atomic E-state index is 12.4. The first kappa shape index (κ1) is 12.7. The zero-order valence-corrected chi connectivity index (χ0v) is 11.9. The van der Waals surface area contributed by atoms with Crippen molar-refractivity contribution in [1.29, 1.82) is 0 Å². The van der Waals surface area contributed by atoms with Gasteiger partial charge in [-0.25, -0.2) is 0 Å². The molecular formula is C15H18N4O. The van der Waals surface area contributed by atoms with Crippen LogP contribution in [0.4, 0.5) is 5.82 Å². The van der Waals surface area contributed by atoms with Gasteiger partial charge in [-0.3, -0.25) is 9.48 Å². The average molecular weight is 270 g/mol. The highest BCUT2D eigenvalue weighted by molar-refractivity contribution is 5.99. The predicted molar refractivity (Wildman–Crippen MR) is 78.1 cm³/mol. The number of anilines is 1. The van der Waals surface area contributed by atoms with Gasteiger partial charge in [-0.05, 0) is 25.5 Å². The second-order valence-electron chi connectivity index (χ2n) is 5.48. The van der Waals surface area contributed by atoms with E-state index < -0.39 is 0 Å². The molecule has 0 aliphatic carbocycles. The van der Waals surface area contributed by atoms with Gasteiger partial charge in [0.25, 0.3) is 5.91 Å². The van der Waals surface area contributed by atoms with E-state index in [0.717, 1.165) is 22.4 Å². The summed E-state index contributed by atoms with van der Waals surface area (Å²) >= 11 is 0. The number of benzene rings is 1. The van der Waals surface area contributed by atoms with E-state index in [1.807, 2.05) is 43.0 Å². The van der Waals surface area contributed by atoms with E-state index in [9.17, 15) is 4.79 Å². The van der Waals surface area contributed by atoms with E-state index in [1.165, 1.54) is 0 Å². The van der Waals surface area contributed by atoms with Crippen molar-refractivity contribution in [3.05, 3.63) is 35.4 Å². The second kappa shape index (κ2) is 4.37. The zero-order valence-electron chi connectivity index (χ0n) is 11.9. The lowest BCUT2D eigenvalue weighted by Gasteiger charge is -2.19. The van der Waals surface area contributed by atoms with E-state index in [4.69, 9.17) is 5.73 Å². The van der Waals surface area contributed by atoms with Crippen molar-refractivity contribution < 1.29 is 4.79 Å². The molecule has 2 aromatic rings. The molecule has 1 aliphatic rings. The number of amides is 1. The Morgan fingerprint density at radius 2 is 2.05 bits per heavy atom. The van der Waals surface area contributed by atoms with Gasteiger partial charge in [0.2, 0.25) is 0 Å². The third-order valence-corrected chi connectivity index (χ3v) is 3.78. The number of aryl methyl sites for hydroxylation is 1. The van der Waals surface area contributed by atoms with Gasteiger partial charge in [0.1, 0.15) is 5.82 Å². The first-order valence-electron chi connectivity index (χ1n) is 6.71. The van der Waals surface area contributed by atoms with Crippen LogP contribution >= 0.6 is 0 Å². The molecule has 2 N–H and O–H groups in total. The number of rotatable bonds is 2. The SMILES string of the molecule is CC(C)N1Cc2ccc(-c3cc(N)n(C)n3)cc2C1=O. The van der Waals surface area contributed by atoms with Crippen LogP contribution < -0.4 is 5.73 Å². The summed E-state index contributed by atoms with van der Waals surface area (Å²) in [4.78, 5) is 14.2. The highest BCUT2D eigenvalue weighted by Crippen LogP contribution is 2.29. The maximum Gasteiger partial charge on any atom is 0.254 e. The Balaban J connectivity index is 2.02. The Hall–Kier alpha value is -2.30. The topological polar surface area (TPSA) is 64.2 Å². The van der Waals surface area contributed by atoms with E-state index >= 15 is 0 Å². The van der Waals surface area contributed by atoms with Gasteiger partial charge in [-0.1, -0.05) is 12.1 Å². The van der Waals surface area contributed by atoms with Crippen molar-refractivity contribution >= 4 is 11.7 Å². The lowest BCUT2D eigenvalue weighted by molar-refractivity contribution is 0.0730. The number of nitrogen functional groups attached to an aromatic ring is 1. The monoisotopic (exact) mass is 270 g/mol. The Morgan fingerprint density at radius 1 is 1.30 bits per heavy atom. The van der Waals surface area contributed by atoms with E-state index in [1.54, 1.807) is 11.7 Å². The molecule has 0 bridgehead atoms. The van der Waals surface area contributed by atoms with Crippen LogP contribution in [0.25, 0.3) is 11.3 Å². The van der Waals surface area contributed by atoms with Crippen LogP contribution in [0.2, 0.25) is 0 Å². The number of hydrogen-bond acceptors (Lipinski definition) is 3. The molecule has 0 fully saturated rings. The van der Waals surface area contributed by atoms with Crippen molar-refractivity contribution in [3.63, 3.8) is 0 Å². The van der Waals surface area contributed by atoms with Crippen LogP contribution in [0.15, 0.2) is 24.3 Å². The minimum atomic E-state index is 0.0979. The number of carbonyl (C=O) groups is 1. The molecule has 1 aromatic carbocycles. The molecule has 0 spiro atoms. The summed E-state index contributed by atoms with van der Waals surface area (Å²) in [5.41, 5.74) is 9.38. The first-order valence-corrected chi connectivity index (χ1v) is 6.71. The third-order valence-electron chi connectivity index (χ3n) is 3.78. The van der Waals surface area contributed by atoms with Crippen LogP contribution in [-0.2, 0) is 13.6 Å². The van der Waals surface area contributed by atoms with Crippen molar-refractivity contribution in [1.82, 2.24) is 14.7 Å². The van der Waals surface area contributed by atoms with Crippen LogP contribution in [0, 0.1) is 0 Å². The number of nitrogens with zero attached hydrogens (tertiary/aromatic N) is 3. The number of fused-ring (bicyclic) bond motifs is 1. The molecule has 20 heavy (non-hydrogen) atoms. The molecule has 0 unspecified atom stereocenters. The van der Waals surface area contributed by atoms with E-state index in [2.05, 4.69) is 5.10 Å². The minimum absolute atomic E-state index is 0.0979. The van der Waals surface area contributed by atoms with Gasteiger partial charge in [-0.2, -0.15) is 5.10 Å². The minimum Gasteiger partial charge on any atom is -0.384 e. The molecule has 0 atom stereocenters.